The maximum atomic E-state index is 13.7. The zero-order chi connectivity index (χ0) is 22.4. The first-order valence-corrected chi connectivity index (χ1v) is 9.26. The second-order valence-corrected chi connectivity index (χ2v) is 6.57. The fourth-order valence-electron chi connectivity index (χ4n) is 2.61. The molecule has 5 nitrogen and oxygen atoms in total. The molecule has 160 valence electrons. The van der Waals surface area contributed by atoms with Crippen LogP contribution in [0.15, 0.2) is 66.7 Å². The van der Waals surface area contributed by atoms with Gasteiger partial charge in [0.2, 0.25) is 0 Å². The first-order valence-electron chi connectivity index (χ1n) is 9.26. The Balaban J connectivity index is 1.65. The molecule has 0 spiro atoms. The van der Waals surface area contributed by atoms with E-state index in [1.807, 2.05) is 0 Å². The molecule has 3 rings (SSSR count). The number of benzene rings is 3. The van der Waals surface area contributed by atoms with Gasteiger partial charge in [-0.15, -0.1) is 0 Å². The normalized spacial score (nSPS) is 11.5. The van der Waals surface area contributed by atoms with Gasteiger partial charge < -0.3 is 14.8 Å². The lowest BCUT2D eigenvalue weighted by molar-refractivity contribution is -0.123. The molecule has 0 radical (unpaired) electrons. The van der Waals surface area contributed by atoms with Crippen LogP contribution < -0.4 is 10.1 Å². The summed E-state index contributed by atoms with van der Waals surface area (Å²) in [6, 6.07) is 14.5. The zero-order valence-electron chi connectivity index (χ0n) is 16.4. The highest BCUT2D eigenvalue weighted by Gasteiger charge is 2.22. The van der Waals surface area contributed by atoms with Crippen molar-refractivity contribution in [2.75, 3.05) is 5.32 Å². The highest BCUT2D eigenvalue weighted by Crippen LogP contribution is 2.22. The van der Waals surface area contributed by atoms with Crippen LogP contribution in [-0.2, 0) is 16.1 Å². The van der Waals surface area contributed by atoms with E-state index in [1.54, 1.807) is 30.3 Å². The van der Waals surface area contributed by atoms with Gasteiger partial charge in [0.25, 0.3) is 5.91 Å². The number of esters is 1. The predicted octanol–water partition coefficient (Wildman–Crippen LogP) is 4.87. The van der Waals surface area contributed by atoms with Crippen LogP contribution in [-0.4, -0.2) is 18.0 Å². The van der Waals surface area contributed by atoms with E-state index >= 15 is 0 Å². The second-order valence-electron chi connectivity index (χ2n) is 6.57. The fourth-order valence-corrected chi connectivity index (χ4v) is 2.61. The molecule has 1 N–H and O–H groups in total. The van der Waals surface area contributed by atoms with Gasteiger partial charge in [-0.3, -0.25) is 4.79 Å². The van der Waals surface area contributed by atoms with Crippen LogP contribution in [0.3, 0.4) is 0 Å². The molecule has 1 amide bonds. The number of hydrogen-bond donors (Lipinski definition) is 1. The summed E-state index contributed by atoms with van der Waals surface area (Å²) in [6.07, 6.45) is -1.29. The Hall–Kier alpha value is -3.81. The summed E-state index contributed by atoms with van der Waals surface area (Å²) in [5.41, 5.74) is 0.395. The van der Waals surface area contributed by atoms with Gasteiger partial charge in [0.15, 0.2) is 6.10 Å². The fraction of sp³-hybridized carbons (Fsp3) is 0.130. The summed E-state index contributed by atoms with van der Waals surface area (Å²) in [4.78, 5) is 24.8. The molecule has 0 heterocycles. The standard InChI is InChI=1S/C23H18F3NO4/c1-14(22(28)27-20-12-17(25)10-11-19(20)26)31-23(29)18-4-2-3-5-21(18)30-13-15-6-8-16(24)9-7-15/h2-12,14H,13H2,1H3,(H,27,28)/t14-/m1/s1. The molecule has 0 aliphatic heterocycles. The van der Waals surface area contributed by atoms with Crippen molar-refractivity contribution < 1.29 is 32.2 Å². The van der Waals surface area contributed by atoms with Crippen molar-refractivity contribution in [3.05, 3.63) is 95.3 Å². The minimum Gasteiger partial charge on any atom is -0.488 e. The quantitative estimate of drug-likeness (QED) is 0.545. The predicted molar refractivity (Wildman–Crippen MR) is 107 cm³/mol. The molecule has 8 heteroatoms. The van der Waals surface area contributed by atoms with Gasteiger partial charge >= 0.3 is 5.97 Å². The molecule has 0 saturated carbocycles. The lowest BCUT2D eigenvalue weighted by Gasteiger charge is -2.16. The van der Waals surface area contributed by atoms with E-state index in [1.165, 1.54) is 25.1 Å². The number of amides is 1. The SMILES string of the molecule is C[C@@H](OC(=O)c1ccccc1OCc1ccc(F)cc1)C(=O)Nc1cc(F)ccc1F. The summed E-state index contributed by atoms with van der Waals surface area (Å²) < 4.78 is 50.7. The number of carbonyl (C=O) groups is 2. The Labute approximate surface area is 176 Å². The molecular formula is C23H18F3NO4. The topological polar surface area (TPSA) is 64.6 Å². The van der Waals surface area contributed by atoms with Gasteiger partial charge in [-0.2, -0.15) is 0 Å². The van der Waals surface area contributed by atoms with Crippen molar-refractivity contribution in [2.45, 2.75) is 19.6 Å². The van der Waals surface area contributed by atoms with Crippen molar-refractivity contribution in [2.24, 2.45) is 0 Å². The maximum absolute atomic E-state index is 13.7. The molecule has 0 bridgehead atoms. The summed E-state index contributed by atoms with van der Waals surface area (Å²) >= 11 is 0. The van der Waals surface area contributed by atoms with Gasteiger partial charge in [-0.05, 0) is 48.9 Å². The molecule has 3 aromatic rings. The highest BCUT2D eigenvalue weighted by molar-refractivity contribution is 5.98. The number of carbonyl (C=O) groups excluding carboxylic acids is 2. The number of halogens is 3. The van der Waals surface area contributed by atoms with E-state index in [2.05, 4.69) is 5.32 Å². The van der Waals surface area contributed by atoms with Gasteiger partial charge in [0.05, 0.1) is 5.69 Å². The van der Waals surface area contributed by atoms with Gasteiger partial charge in [-0.1, -0.05) is 24.3 Å². The van der Waals surface area contributed by atoms with Gasteiger partial charge in [-0.25, -0.2) is 18.0 Å². The molecule has 0 aliphatic carbocycles. The molecule has 31 heavy (non-hydrogen) atoms. The van der Waals surface area contributed by atoms with Crippen LogP contribution in [0.5, 0.6) is 5.75 Å². The molecule has 0 saturated heterocycles. The van der Waals surface area contributed by atoms with Crippen molar-refractivity contribution in [3.63, 3.8) is 0 Å². The lowest BCUT2D eigenvalue weighted by atomic mass is 10.2. The van der Waals surface area contributed by atoms with E-state index in [0.29, 0.717) is 5.56 Å². The molecule has 0 unspecified atom stereocenters. The summed E-state index contributed by atoms with van der Waals surface area (Å²) in [6.45, 7) is 1.38. The number of ether oxygens (including phenoxy) is 2. The lowest BCUT2D eigenvalue weighted by Crippen LogP contribution is -2.30. The highest BCUT2D eigenvalue weighted by atomic mass is 19.1. The van der Waals surface area contributed by atoms with Crippen molar-refractivity contribution in [1.82, 2.24) is 0 Å². The van der Waals surface area contributed by atoms with Crippen LogP contribution in [0.25, 0.3) is 0 Å². The summed E-state index contributed by atoms with van der Waals surface area (Å²) in [7, 11) is 0. The van der Waals surface area contributed by atoms with Gasteiger partial charge in [0.1, 0.15) is 35.4 Å². The van der Waals surface area contributed by atoms with E-state index in [0.717, 1.165) is 18.2 Å². The minimum absolute atomic E-state index is 0.0706. The zero-order valence-corrected chi connectivity index (χ0v) is 16.4. The van der Waals surface area contributed by atoms with Crippen LogP contribution in [0.1, 0.15) is 22.8 Å². The molecule has 0 aliphatic rings. The van der Waals surface area contributed by atoms with Crippen LogP contribution in [0.2, 0.25) is 0 Å². The van der Waals surface area contributed by atoms with Crippen LogP contribution >= 0.6 is 0 Å². The van der Waals surface area contributed by atoms with Gasteiger partial charge in [0, 0.05) is 6.07 Å². The second kappa shape index (κ2) is 9.80. The maximum Gasteiger partial charge on any atom is 0.342 e. The first-order chi connectivity index (χ1) is 14.8. The van der Waals surface area contributed by atoms with Crippen LogP contribution in [0, 0.1) is 17.5 Å². The molecular weight excluding hydrogens is 411 g/mol. The molecule has 0 aromatic heterocycles. The van der Waals surface area contributed by atoms with E-state index in [-0.39, 0.29) is 29.4 Å². The van der Waals surface area contributed by atoms with E-state index in [4.69, 9.17) is 9.47 Å². The Bertz CT molecular complexity index is 1090. The Morgan fingerprint density at radius 3 is 2.35 bits per heavy atom. The Morgan fingerprint density at radius 2 is 1.61 bits per heavy atom. The molecule has 1 atom stereocenters. The third-order valence-corrected chi connectivity index (χ3v) is 4.25. The number of anilines is 1. The average molecular weight is 429 g/mol. The number of rotatable bonds is 7. The van der Waals surface area contributed by atoms with Crippen molar-refractivity contribution in [1.29, 1.82) is 0 Å². The smallest absolute Gasteiger partial charge is 0.342 e. The molecule has 0 fully saturated rings. The minimum atomic E-state index is -1.29. The third-order valence-electron chi connectivity index (χ3n) is 4.25. The van der Waals surface area contributed by atoms with E-state index < -0.39 is 29.6 Å². The number of nitrogens with one attached hydrogen (secondary N) is 1. The van der Waals surface area contributed by atoms with Crippen molar-refractivity contribution >= 4 is 17.6 Å². The van der Waals surface area contributed by atoms with Crippen LogP contribution in [0.4, 0.5) is 18.9 Å². The Kier molecular flexibility index (Phi) is 6.92. The summed E-state index contributed by atoms with van der Waals surface area (Å²) in [5.74, 6) is -3.39. The third kappa shape index (κ3) is 5.85. The number of hydrogen-bond acceptors (Lipinski definition) is 4. The van der Waals surface area contributed by atoms with Crippen molar-refractivity contribution in [3.8, 4) is 5.75 Å². The first kappa shape index (κ1) is 21.9. The summed E-state index contributed by atoms with van der Waals surface area (Å²) in [5, 5.41) is 2.18. The molecule has 3 aromatic carbocycles. The van der Waals surface area contributed by atoms with E-state index in [9.17, 15) is 22.8 Å². The Morgan fingerprint density at radius 1 is 0.935 bits per heavy atom. The largest absolute Gasteiger partial charge is 0.488 e. The monoisotopic (exact) mass is 429 g/mol. The average Bonchev–Trinajstić information content (AvgIpc) is 2.76. The number of para-hydroxylation sites is 1.